The van der Waals surface area contributed by atoms with E-state index < -0.39 is 5.41 Å². The molecule has 0 saturated heterocycles. The van der Waals surface area contributed by atoms with Gasteiger partial charge >= 0.3 is 0 Å². The van der Waals surface area contributed by atoms with Gasteiger partial charge in [0.05, 0.1) is 23.4 Å². The largest absolute Gasteiger partial charge is 0.457 e. The maximum atomic E-state index is 7.36. The fraction of sp³-hybridized carbons (Fsp3) is 0.0204. The quantitative estimate of drug-likeness (QED) is 0.165. The molecule has 0 saturated carbocycles. The highest BCUT2D eigenvalue weighted by Crippen LogP contribution is 2.55. The summed E-state index contributed by atoms with van der Waals surface area (Å²) < 4.78 is 6.73. The molecule has 3 heteroatoms. The van der Waals surface area contributed by atoms with Gasteiger partial charge in [0, 0.05) is 16.7 Å². The number of fused-ring (bicyclic) bond motifs is 2. The Balaban J connectivity index is 1.13. The smallest absolute Gasteiger partial charge is 0.187 e. The van der Waals surface area contributed by atoms with E-state index in [0.29, 0.717) is 5.69 Å². The van der Waals surface area contributed by atoms with Crippen LogP contribution in [0.2, 0.25) is 0 Å². The Bertz CT molecular complexity index is 2530. The first-order chi connectivity index (χ1) is 25.7. The third-order valence-corrected chi connectivity index (χ3v) is 10.0. The van der Waals surface area contributed by atoms with Gasteiger partial charge in [-0.15, -0.1) is 0 Å². The van der Waals surface area contributed by atoms with Gasteiger partial charge in [0.2, 0.25) is 0 Å². The summed E-state index contributed by atoms with van der Waals surface area (Å²) in [6, 6.07) is 67.5. The molecule has 7 aromatic carbocycles. The van der Waals surface area contributed by atoms with Crippen LogP contribution in [-0.4, -0.2) is 4.98 Å². The molecule has 0 unspecified atom stereocenters. The SMILES string of the molecule is [C-]#[N+]c1ccc(-c2cc(-c3ccccc3)cc(-c3ccc(-c4ccc5c(c4)Oc4ccccc4C5(c4ccccc4)c4ccccc4)cc3)n2)cc1. The summed E-state index contributed by atoms with van der Waals surface area (Å²) in [7, 11) is 0. The maximum Gasteiger partial charge on any atom is 0.187 e. The molecule has 0 fully saturated rings. The molecule has 0 atom stereocenters. The zero-order chi connectivity index (χ0) is 34.9. The number of aromatic nitrogens is 1. The van der Waals surface area contributed by atoms with Gasteiger partial charge in [-0.3, -0.25) is 0 Å². The molecule has 9 rings (SSSR count). The second-order valence-corrected chi connectivity index (χ2v) is 13.0. The second-order valence-electron chi connectivity index (χ2n) is 13.0. The monoisotopic (exact) mass is 664 g/mol. The van der Waals surface area contributed by atoms with Gasteiger partial charge < -0.3 is 4.74 Å². The van der Waals surface area contributed by atoms with E-state index in [0.717, 1.165) is 67.4 Å². The van der Waals surface area contributed by atoms with Gasteiger partial charge in [0.25, 0.3) is 0 Å². The van der Waals surface area contributed by atoms with E-state index in [9.17, 15) is 0 Å². The predicted molar refractivity (Wildman–Crippen MR) is 211 cm³/mol. The minimum Gasteiger partial charge on any atom is -0.457 e. The van der Waals surface area contributed by atoms with E-state index >= 15 is 0 Å². The van der Waals surface area contributed by atoms with Crippen molar-refractivity contribution in [2.75, 3.05) is 0 Å². The first-order valence-electron chi connectivity index (χ1n) is 17.4. The minimum absolute atomic E-state index is 0.543. The molecule has 0 N–H and O–H groups in total. The van der Waals surface area contributed by atoms with Crippen molar-refractivity contribution < 1.29 is 4.74 Å². The predicted octanol–water partition coefficient (Wildman–Crippen LogP) is 12.8. The number of hydrogen-bond donors (Lipinski definition) is 0. The second kappa shape index (κ2) is 13.0. The topological polar surface area (TPSA) is 26.5 Å². The van der Waals surface area contributed by atoms with Gasteiger partial charge in [-0.1, -0.05) is 170 Å². The molecular weight excluding hydrogens is 633 g/mol. The van der Waals surface area contributed by atoms with Crippen molar-refractivity contribution in [1.82, 2.24) is 4.98 Å². The Morgan fingerprint density at radius 3 is 1.50 bits per heavy atom. The zero-order valence-corrected chi connectivity index (χ0v) is 28.3. The number of nitrogens with zero attached hydrogens (tertiary/aromatic N) is 2. The lowest BCUT2D eigenvalue weighted by atomic mass is 9.63. The van der Waals surface area contributed by atoms with Crippen molar-refractivity contribution in [2.24, 2.45) is 0 Å². The highest BCUT2D eigenvalue weighted by atomic mass is 16.5. The van der Waals surface area contributed by atoms with Crippen LogP contribution in [0, 0.1) is 6.57 Å². The average Bonchev–Trinajstić information content (AvgIpc) is 3.23. The van der Waals surface area contributed by atoms with Crippen molar-refractivity contribution in [2.45, 2.75) is 5.41 Å². The van der Waals surface area contributed by atoms with Crippen molar-refractivity contribution in [3.8, 4) is 56.3 Å². The Hall–Kier alpha value is -7.02. The van der Waals surface area contributed by atoms with Crippen molar-refractivity contribution in [1.29, 1.82) is 0 Å². The lowest BCUT2D eigenvalue weighted by Gasteiger charge is -2.41. The zero-order valence-electron chi connectivity index (χ0n) is 28.3. The Morgan fingerprint density at radius 2 is 0.885 bits per heavy atom. The molecule has 2 heterocycles. The Kier molecular flexibility index (Phi) is 7.76. The molecule has 0 amide bonds. The molecule has 0 spiro atoms. The first-order valence-corrected chi connectivity index (χ1v) is 17.4. The standard InChI is InChI=1S/C49H32N2O/c1-50-42-28-25-37(26-29-42)46-32-39(34-13-5-2-6-14-34)31-45(51-46)36-23-21-35(22-24-36)38-27-30-44-48(33-38)52-47-20-12-11-19-43(47)49(44,40-15-7-3-8-16-40)41-17-9-4-10-18-41/h2-33H. The molecule has 1 aromatic heterocycles. The first kappa shape index (κ1) is 31.0. The van der Waals surface area contributed by atoms with Gasteiger partial charge in [-0.25, -0.2) is 9.83 Å². The third kappa shape index (κ3) is 5.35. The normalized spacial score (nSPS) is 12.5. The molecule has 3 nitrogen and oxygen atoms in total. The number of rotatable bonds is 6. The van der Waals surface area contributed by atoms with Crippen LogP contribution in [0.15, 0.2) is 194 Å². The highest BCUT2D eigenvalue weighted by Gasteiger charge is 2.45. The number of benzene rings is 7. The van der Waals surface area contributed by atoms with E-state index in [1.165, 1.54) is 11.1 Å². The summed E-state index contributed by atoms with van der Waals surface area (Å²) in [6.07, 6.45) is 0. The molecule has 52 heavy (non-hydrogen) atoms. The molecular formula is C49H32N2O. The summed E-state index contributed by atoms with van der Waals surface area (Å²) >= 11 is 0. The maximum absolute atomic E-state index is 7.36. The van der Waals surface area contributed by atoms with E-state index in [1.54, 1.807) is 0 Å². The molecule has 0 bridgehead atoms. The Morgan fingerprint density at radius 1 is 0.404 bits per heavy atom. The van der Waals surface area contributed by atoms with Gasteiger partial charge in [-0.2, -0.15) is 0 Å². The fourth-order valence-electron chi connectivity index (χ4n) is 7.55. The van der Waals surface area contributed by atoms with Crippen LogP contribution >= 0.6 is 0 Å². The van der Waals surface area contributed by atoms with Gasteiger partial charge in [0.1, 0.15) is 11.5 Å². The molecule has 0 radical (unpaired) electrons. The summed E-state index contributed by atoms with van der Waals surface area (Å²) in [6.45, 7) is 7.36. The fourth-order valence-corrected chi connectivity index (χ4v) is 7.55. The van der Waals surface area contributed by atoms with Crippen LogP contribution in [0.3, 0.4) is 0 Å². The number of hydrogen-bond acceptors (Lipinski definition) is 2. The van der Waals surface area contributed by atoms with Gasteiger partial charge in [0.15, 0.2) is 5.69 Å². The van der Waals surface area contributed by atoms with Crippen LogP contribution in [0.4, 0.5) is 5.69 Å². The molecule has 1 aliphatic rings. The molecule has 244 valence electrons. The summed E-state index contributed by atoms with van der Waals surface area (Å²) in [4.78, 5) is 8.67. The van der Waals surface area contributed by atoms with Crippen molar-refractivity contribution in [3.05, 3.63) is 228 Å². The van der Waals surface area contributed by atoms with E-state index in [4.69, 9.17) is 16.3 Å². The number of ether oxygens (including phenoxy) is 1. The Labute approximate surface area is 303 Å². The van der Waals surface area contributed by atoms with Crippen LogP contribution in [-0.2, 0) is 5.41 Å². The number of para-hydroxylation sites is 1. The highest BCUT2D eigenvalue weighted by molar-refractivity contribution is 5.79. The van der Waals surface area contributed by atoms with Crippen molar-refractivity contribution >= 4 is 5.69 Å². The molecule has 1 aliphatic heterocycles. The summed E-state index contributed by atoms with van der Waals surface area (Å²) in [5, 5.41) is 0. The average molecular weight is 665 g/mol. The van der Waals surface area contributed by atoms with Crippen LogP contribution in [0.1, 0.15) is 22.3 Å². The van der Waals surface area contributed by atoms with Gasteiger partial charge in [-0.05, 0) is 63.2 Å². The van der Waals surface area contributed by atoms with E-state index in [2.05, 4.69) is 163 Å². The molecule has 0 aliphatic carbocycles. The van der Waals surface area contributed by atoms with Crippen LogP contribution in [0.5, 0.6) is 11.5 Å². The third-order valence-electron chi connectivity index (χ3n) is 10.0. The lowest BCUT2D eigenvalue weighted by molar-refractivity contribution is 0.435. The molecule has 8 aromatic rings. The lowest BCUT2D eigenvalue weighted by Crippen LogP contribution is -2.34. The minimum atomic E-state index is -0.543. The van der Waals surface area contributed by atoms with E-state index in [-0.39, 0.29) is 0 Å². The van der Waals surface area contributed by atoms with Crippen LogP contribution in [0.25, 0.3) is 49.6 Å². The van der Waals surface area contributed by atoms with Crippen molar-refractivity contribution in [3.63, 3.8) is 0 Å². The summed E-state index contributed by atoms with van der Waals surface area (Å²) in [5.41, 5.74) is 12.8. The van der Waals surface area contributed by atoms with Crippen LogP contribution < -0.4 is 4.74 Å². The van der Waals surface area contributed by atoms with E-state index in [1.807, 2.05) is 36.4 Å². The summed E-state index contributed by atoms with van der Waals surface area (Å²) in [5.74, 6) is 1.71. The number of pyridine rings is 1.